The fourth-order valence-corrected chi connectivity index (χ4v) is 1.70. The summed E-state index contributed by atoms with van der Waals surface area (Å²) in [6.45, 7) is 1.87. The number of nitrogens with two attached hydrogens (primary N) is 1. The number of hydrogen-bond donors (Lipinski definition) is 1. The monoisotopic (exact) mass is 260 g/mol. The van der Waals surface area contributed by atoms with E-state index in [-0.39, 0.29) is 23.5 Å². The average Bonchev–Trinajstić information content (AvgIpc) is 2.34. The van der Waals surface area contributed by atoms with Crippen LogP contribution < -0.4 is 11.3 Å². The molecule has 0 fully saturated rings. The molecule has 7 heteroatoms. The van der Waals surface area contributed by atoms with Crippen LogP contribution in [-0.4, -0.2) is 14.7 Å². The second-order valence-corrected chi connectivity index (χ2v) is 4.14. The summed E-state index contributed by atoms with van der Waals surface area (Å²) in [5, 5.41) is 14.7. The summed E-state index contributed by atoms with van der Waals surface area (Å²) in [7, 11) is 0. The van der Waals surface area contributed by atoms with Crippen molar-refractivity contribution >= 4 is 11.4 Å². The summed E-state index contributed by atoms with van der Waals surface area (Å²) < 4.78 is 1.21. The quantitative estimate of drug-likeness (QED) is 0.505. The molecule has 0 atom stereocenters. The number of nitrogens with zero attached hydrogens (tertiary/aromatic N) is 3. The zero-order chi connectivity index (χ0) is 14.0. The first-order valence-corrected chi connectivity index (χ1v) is 5.54. The van der Waals surface area contributed by atoms with Crippen molar-refractivity contribution in [1.82, 2.24) is 9.78 Å². The van der Waals surface area contributed by atoms with Crippen LogP contribution in [0.15, 0.2) is 35.3 Å². The minimum atomic E-state index is -0.551. The van der Waals surface area contributed by atoms with Crippen LogP contribution in [0.4, 0.5) is 11.4 Å². The SMILES string of the molecule is Cc1cnn(Cc2cccc([N+](=O)[O-])c2N)c(=O)c1. The van der Waals surface area contributed by atoms with Gasteiger partial charge in [-0.3, -0.25) is 14.9 Å². The second kappa shape index (κ2) is 4.89. The number of aryl methyl sites for hydroxylation is 1. The largest absolute Gasteiger partial charge is 0.393 e. The van der Waals surface area contributed by atoms with Crippen molar-refractivity contribution in [3.63, 3.8) is 0 Å². The lowest BCUT2D eigenvalue weighted by Gasteiger charge is -2.07. The average molecular weight is 260 g/mol. The predicted molar refractivity (Wildman–Crippen MR) is 69.8 cm³/mol. The maximum atomic E-state index is 11.7. The zero-order valence-corrected chi connectivity index (χ0v) is 10.2. The van der Waals surface area contributed by atoms with E-state index in [2.05, 4.69) is 5.10 Å². The molecule has 19 heavy (non-hydrogen) atoms. The highest BCUT2D eigenvalue weighted by molar-refractivity contribution is 5.62. The van der Waals surface area contributed by atoms with Gasteiger partial charge in [0, 0.05) is 17.7 Å². The lowest BCUT2D eigenvalue weighted by Crippen LogP contribution is -2.23. The molecule has 2 N–H and O–H groups in total. The Hall–Kier alpha value is -2.70. The van der Waals surface area contributed by atoms with E-state index in [1.807, 2.05) is 0 Å². The summed E-state index contributed by atoms with van der Waals surface area (Å²) in [5.74, 6) is 0. The van der Waals surface area contributed by atoms with Gasteiger partial charge in [0.15, 0.2) is 0 Å². The molecule has 0 aliphatic carbocycles. The number of benzene rings is 1. The van der Waals surface area contributed by atoms with Crippen molar-refractivity contribution in [2.75, 3.05) is 5.73 Å². The Bertz CT molecular complexity index is 694. The van der Waals surface area contributed by atoms with Crippen LogP contribution >= 0.6 is 0 Å². The van der Waals surface area contributed by atoms with Crippen molar-refractivity contribution in [3.8, 4) is 0 Å². The van der Waals surface area contributed by atoms with Crippen LogP contribution in [0.2, 0.25) is 0 Å². The molecule has 0 saturated carbocycles. The number of aromatic nitrogens is 2. The van der Waals surface area contributed by atoms with Gasteiger partial charge >= 0.3 is 0 Å². The normalized spacial score (nSPS) is 10.4. The molecule has 0 aliphatic rings. The minimum absolute atomic E-state index is 0.0572. The Kier molecular flexibility index (Phi) is 3.28. The number of nitro benzene ring substituents is 1. The Morgan fingerprint density at radius 1 is 1.47 bits per heavy atom. The van der Waals surface area contributed by atoms with Gasteiger partial charge in [-0.2, -0.15) is 5.10 Å². The molecule has 0 spiro atoms. The van der Waals surface area contributed by atoms with Gasteiger partial charge in [-0.1, -0.05) is 12.1 Å². The molecule has 98 valence electrons. The summed E-state index contributed by atoms with van der Waals surface area (Å²) in [5.41, 5.74) is 6.59. The van der Waals surface area contributed by atoms with E-state index < -0.39 is 4.92 Å². The zero-order valence-electron chi connectivity index (χ0n) is 10.2. The van der Waals surface area contributed by atoms with Gasteiger partial charge in [-0.25, -0.2) is 4.68 Å². The fraction of sp³-hybridized carbons (Fsp3) is 0.167. The van der Waals surface area contributed by atoms with Crippen LogP contribution in [-0.2, 0) is 6.54 Å². The van der Waals surface area contributed by atoms with Crippen molar-refractivity contribution in [1.29, 1.82) is 0 Å². The summed E-state index contributed by atoms with van der Waals surface area (Å²) >= 11 is 0. The molecule has 1 heterocycles. The van der Waals surface area contributed by atoms with Gasteiger partial charge in [0.25, 0.3) is 11.2 Å². The van der Waals surface area contributed by atoms with E-state index in [1.54, 1.807) is 19.2 Å². The molecule has 0 saturated heterocycles. The second-order valence-electron chi connectivity index (χ2n) is 4.14. The standard InChI is InChI=1S/C12H12N4O3/c1-8-5-11(17)15(14-6-8)7-9-3-2-4-10(12(9)13)16(18)19/h2-6H,7,13H2,1H3. The molecule has 1 aromatic carbocycles. The summed E-state index contributed by atoms with van der Waals surface area (Å²) in [6, 6.07) is 5.93. The molecule has 2 aromatic rings. The van der Waals surface area contributed by atoms with Crippen LogP contribution in [0.5, 0.6) is 0 Å². The molecule has 0 unspecified atom stereocenters. The number of rotatable bonds is 3. The molecule has 0 radical (unpaired) electrons. The lowest BCUT2D eigenvalue weighted by atomic mass is 10.1. The van der Waals surface area contributed by atoms with Crippen LogP contribution in [0.25, 0.3) is 0 Å². The van der Waals surface area contributed by atoms with Crippen LogP contribution in [0.1, 0.15) is 11.1 Å². The number of para-hydroxylation sites is 1. The summed E-state index contributed by atoms with van der Waals surface area (Å²) in [6.07, 6.45) is 1.55. The predicted octanol–water partition coefficient (Wildman–Crippen LogP) is 1.09. The molecular weight excluding hydrogens is 248 g/mol. The highest BCUT2D eigenvalue weighted by atomic mass is 16.6. The van der Waals surface area contributed by atoms with Crippen molar-refractivity contribution in [2.24, 2.45) is 0 Å². The van der Waals surface area contributed by atoms with Crippen molar-refractivity contribution < 1.29 is 4.92 Å². The lowest BCUT2D eigenvalue weighted by molar-refractivity contribution is -0.383. The van der Waals surface area contributed by atoms with Crippen molar-refractivity contribution in [2.45, 2.75) is 13.5 Å². The number of hydrogen-bond acceptors (Lipinski definition) is 5. The van der Waals surface area contributed by atoms with E-state index in [9.17, 15) is 14.9 Å². The molecule has 7 nitrogen and oxygen atoms in total. The van der Waals surface area contributed by atoms with Crippen LogP contribution in [0, 0.1) is 17.0 Å². The van der Waals surface area contributed by atoms with E-state index in [0.717, 1.165) is 5.56 Å². The maximum absolute atomic E-state index is 11.7. The molecule has 0 aliphatic heterocycles. The third kappa shape index (κ3) is 2.59. The Morgan fingerprint density at radius 3 is 2.84 bits per heavy atom. The van der Waals surface area contributed by atoms with E-state index in [0.29, 0.717) is 5.56 Å². The van der Waals surface area contributed by atoms with Crippen molar-refractivity contribution in [3.05, 3.63) is 62.1 Å². The first kappa shape index (κ1) is 12.7. The molecule has 1 aromatic heterocycles. The minimum Gasteiger partial charge on any atom is -0.393 e. The van der Waals surface area contributed by atoms with Gasteiger partial charge in [0.2, 0.25) is 0 Å². The topological polar surface area (TPSA) is 104 Å². The number of nitro groups is 1. The number of nitrogen functional groups attached to an aromatic ring is 1. The Morgan fingerprint density at radius 2 is 2.21 bits per heavy atom. The maximum Gasteiger partial charge on any atom is 0.292 e. The highest BCUT2D eigenvalue weighted by Crippen LogP contribution is 2.24. The van der Waals surface area contributed by atoms with Gasteiger partial charge in [-0.05, 0) is 12.5 Å². The molecule has 2 rings (SSSR count). The fourth-order valence-electron chi connectivity index (χ4n) is 1.70. The Labute approximate surface area is 108 Å². The third-order valence-corrected chi connectivity index (χ3v) is 2.70. The summed E-state index contributed by atoms with van der Waals surface area (Å²) in [4.78, 5) is 21.9. The van der Waals surface area contributed by atoms with E-state index >= 15 is 0 Å². The number of anilines is 1. The first-order valence-electron chi connectivity index (χ1n) is 5.54. The van der Waals surface area contributed by atoms with Gasteiger partial charge < -0.3 is 5.73 Å². The Balaban J connectivity index is 2.41. The molecule has 0 bridgehead atoms. The van der Waals surface area contributed by atoms with Gasteiger partial charge in [-0.15, -0.1) is 0 Å². The van der Waals surface area contributed by atoms with Gasteiger partial charge in [0.1, 0.15) is 5.69 Å². The van der Waals surface area contributed by atoms with Gasteiger partial charge in [0.05, 0.1) is 17.7 Å². The van der Waals surface area contributed by atoms with E-state index in [1.165, 1.54) is 22.9 Å². The molecular formula is C12H12N4O3. The smallest absolute Gasteiger partial charge is 0.292 e. The first-order chi connectivity index (χ1) is 8.99. The third-order valence-electron chi connectivity index (χ3n) is 2.70. The molecule has 0 amide bonds. The van der Waals surface area contributed by atoms with Crippen LogP contribution in [0.3, 0.4) is 0 Å². The van der Waals surface area contributed by atoms with E-state index in [4.69, 9.17) is 5.73 Å². The highest BCUT2D eigenvalue weighted by Gasteiger charge is 2.14.